The molecule has 1 heterocycles. The molecule has 0 amide bonds. The van der Waals surface area contributed by atoms with E-state index >= 15 is 0 Å². The topological polar surface area (TPSA) is 38.0 Å². The van der Waals surface area contributed by atoms with Gasteiger partial charge in [-0.1, -0.05) is 6.07 Å². The number of benzene rings is 1. The van der Waals surface area contributed by atoms with E-state index < -0.39 is 6.10 Å². The molecule has 0 radical (unpaired) electrons. The number of rotatable bonds is 4. The van der Waals surface area contributed by atoms with E-state index in [1.54, 1.807) is 23.0 Å². The van der Waals surface area contributed by atoms with Gasteiger partial charge in [-0.2, -0.15) is 5.10 Å². The van der Waals surface area contributed by atoms with E-state index in [9.17, 15) is 9.50 Å². The van der Waals surface area contributed by atoms with Gasteiger partial charge >= 0.3 is 0 Å². The molecule has 96 valence electrons. The second kappa shape index (κ2) is 5.63. The molecule has 18 heavy (non-hydrogen) atoms. The average Bonchev–Trinajstić information content (AvgIpc) is 2.75. The summed E-state index contributed by atoms with van der Waals surface area (Å²) in [4.78, 5) is 0. The zero-order valence-corrected chi connectivity index (χ0v) is 11.6. The summed E-state index contributed by atoms with van der Waals surface area (Å²) in [6, 6.07) is 6.50. The molecule has 0 aliphatic heterocycles. The first-order valence-corrected chi connectivity index (χ1v) is 6.47. The fourth-order valence-corrected chi connectivity index (χ4v) is 2.21. The standard InChI is InChI=1S/C13H14BrFN2O/c1-17-10(6-7-16-17)3-5-13(18)9-2-4-12(15)11(14)8-9/h2,4,6-8,13,18H,3,5H2,1H3. The van der Waals surface area contributed by atoms with Crippen LogP contribution in [0.1, 0.15) is 23.8 Å². The summed E-state index contributed by atoms with van der Waals surface area (Å²) in [7, 11) is 1.87. The van der Waals surface area contributed by atoms with Crippen molar-refractivity contribution in [3.63, 3.8) is 0 Å². The number of hydrogen-bond acceptors (Lipinski definition) is 2. The molecule has 5 heteroatoms. The zero-order valence-electron chi connectivity index (χ0n) is 9.98. The van der Waals surface area contributed by atoms with Crippen LogP contribution in [0.4, 0.5) is 4.39 Å². The van der Waals surface area contributed by atoms with Crippen LogP contribution in [0, 0.1) is 5.82 Å². The predicted octanol–water partition coefficient (Wildman–Crippen LogP) is 2.99. The van der Waals surface area contributed by atoms with E-state index in [0.29, 0.717) is 16.5 Å². The van der Waals surface area contributed by atoms with E-state index in [1.165, 1.54) is 6.07 Å². The molecule has 1 atom stereocenters. The first-order valence-electron chi connectivity index (χ1n) is 5.68. The van der Waals surface area contributed by atoms with Crippen molar-refractivity contribution in [1.82, 2.24) is 9.78 Å². The smallest absolute Gasteiger partial charge is 0.137 e. The van der Waals surface area contributed by atoms with Crippen molar-refractivity contribution in [2.45, 2.75) is 18.9 Å². The minimum Gasteiger partial charge on any atom is -0.388 e. The van der Waals surface area contributed by atoms with Crippen molar-refractivity contribution in [2.24, 2.45) is 7.05 Å². The third-order valence-corrected chi connectivity index (χ3v) is 3.53. The Balaban J connectivity index is 2.01. The quantitative estimate of drug-likeness (QED) is 0.942. The lowest BCUT2D eigenvalue weighted by atomic mass is 10.0. The normalized spacial score (nSPS) is 12.7. The largest absolute Gasteiger partial charge is 0.388 e. The molecule has 2 aromatic rings. The van der Waals surface area contributed by atoms with Crippen molar-refractivity contribution >= 4 is 15.9 Å². The molecule has 2 rings (SSSR count). The summed E-state index contributed by atoms with van der Waals surface area (Å²) < 4.78 is 15.2. The van der Waals surface area contributed by atoms with Crippen molar-refractivity contribution in [3.05, 3.63) is 52.0 Å². The molecular weight excluding hydrogens is 299 g/mol. The summed E-state index contributed by atoms with van der Waals surface area (Å²) in [6.45, 7) is 0. The van der Waals surface area contributed by atoms with Crippen LogP contribution >= 0.6 is 15.9 Å². The first kappa shape index (κ1) is 13.2. The minimum atomic E-state index is -0.600. The van der Waals surface area contributed by atoms with E-state index in [1.807, 2.05) is 13.1 Å². The third-order valence-electron chi connectivity index (χ3n) is 2.92. The number of hydrogen-bond donors (Lipinski definition) is 1. The molecule has 3 nitrogen and oxygen atoms in total. The Morgan fingerprint density at radius 1 is 1.44 bits per heavy atom. The number of aromatic nitrogens is 2. The molecule has 0 aliphatic rings. The lowest BCUT2D eigenvalue weighted by Crippen LogP contribution is -2.03. The van der Waals surface area contributed by atoms with Crippen LogP contribution in [0.5, 0.6) is 0 Å². The van der Waals surface area contributed by atoms with Crippen LogP contribution < -0.4 is 0 Å². The van der Waals surface area contributed by atoms with Crippen molar-refractivity contribution in [2.75, 3.05) is 0 Å². The molecule has 1 aromatic carbocycles. The number of nitrogens with zero attached hydrogens (tertiary/aromatic N) is 2. The summed E-state index contributed by atoms with van der Waals surface area (Å²) in [6.07, 6.45) is 2.44. The summed E-state index contributed by atoms with van der Waals surface area (Å²) in [5, 5.41) is 14.1. The van der Waals surface area contributed by atoms with Gasteiger partial charge in [-0.3, -0.25) is 4.68 Å². The number of aliphatic hydroxyl groups excluding tert-OH is 1. The Morgan fingerprint density at radius 3 is 2.83 bits per heavy atom. The Hall–Kier alpha value is -1.20. The number of halogens is 2. The van der Waals surface area contributed by atoms with E-state index in [4.69, 9.17) is 0 Å². The second-order valence-corrected chi connectivity index (χ2v) is 5.03. The molecule has 0 fully saturated rings. The SMILES string of the molecule is Cn1nccc1CCC(O)c1ccc(F)c(Br)c1. The third kappa shape index (κ3) is 2.97. The fraction of sp³-hybridized carbons (Fsp3) is 0.308. The van der Waals surface area contributed by atoms with Crippen LogP contribution in [0.3, 0.4) is 0 Å². The van der Waals surface area contributed by atoms with Gasteiger partial charge in [0.1, 0.15) is 5.82 Å². The van der Waals surface area contributed by atoms with Crippen LogP contribution in [-0.2, 0) is 13.5 Å². The minimum absolute atomic E-state index is 0.322. The maximum atomic E-state index is 13.1. The summed E-state index contributed by atoms with van der Waals surface area (Å²) in [5.74, 6) is -0.322. The van der Waals surface area contributed by atoms with Gasteiger partial charge in [-0.05, 0) is 52.5 Å². The summed E-state index contributed by atoms with van der Waals surface area (Å²) in [5.41, 5.74) is 1.78. The second-order valence-electron chi connectivity index (χ2n) is 4.17. The predicted molar refractivity (Wildman–Crippen MR) is 70.6 cm³/mol. The monoisotopic (exact) mass is 312 g/mol. The fourth-order valence-electron chi connectivity index (χ4n) is 1.82. The maximum Gasteiger partial charge on any atom is 0.137 e. The molecule has 0 spiro atoms. The van der Waals surface area contributed by atoms with Gasteiger partial charge in [0.2, 0.25) is 0 Å². The van der Waals surface area contributed by atoms with Crippen LogP contribution in [-0.4, -0.2) is 14.9 Å². The molecule has 1 N–H and O–H groups in total. The van der Waals surface area contributed by atoms with Gasteiger partial charge in [-0.25, -0.2) is 4.39 Å². The Morgan fingerprint density at radius 2 is 2.22 bits per heavy atom. The van der Waals surface area contributed by atoms with Crippen LogP contribution in [0.15, 0.2) is 34.9 Å². The van der Waals surface area contributed by atoms with E-state index in [0.717, 1.165) is 12.1 Å². The summed E-state index contributed by atoms with van der Waals surface area (Å²) >= 11 is 3.12. The average molecular weight is 313 g/mol. The van der Waals surface area contributed by atoms with Crippen molar-refractivity contribution in [3.8, 4) is 0 Å². The van der Waals surface area contributed by atoms with Gasteiger partial charge in [0.05, 0.1) is 10.6 Å². The lowest BCUT2D eigenvalue weighted by molar-refractivity contribution is 0.167. The molecule has 0 saturated heterocycles. The highest BCUT2D eigenvalue weighted by Gasteiger charge is 2.11. The van der Waals surface area contributed by atoms with Crippen molar-refractivity contribution < 1.29 is 9.50 Å². The molecular formula is C13H14BrFN2O. The van der Waals surface area contributed by atoms with Crippen LogP contribution in [0.25, 0.3) is 0 Å². The highest BCUT2D eigenvalue weighted by Crippen LogP contribution is 2.24. The molecule has 1 unspecified atom stereocenters. The van der Waals surface area contributed by atoms with E-state index in [-0.39, 0.29) is 5.82 Å². The molecule has 0 bridgehead atoms. The van der Waals surface area contributed by atoms with Crippen LogP contribution in [0.2, 0.25) is 0 Å². The molecule has 1 aromatic heterocycles. The van der Waals surface area contributed by atoms with Gasteiger partial charge in [-0.15, -0.1) is 0 Å². The van der Waals surface area contributed by atoms with Crippen molar-refractivity contribution in [1.29, 1.82) is 0 Å². The van der Waals surface area contributed by atoms with Gasteiger partial charge in [0, 0.05) is 18.9 Å². The number of aryl methyl sites for hydroxylation is 2. The highest BCUT2D eigenvalue weighted by atomic mass is 79.9. The highest BCUT2D eigenvalue weighted by molar-refractivity contribution is 9.10. The van der Waals surface area contributed by atoms with Gasteiger partial charge in [0.15, 0.2) is 0 Å². The first-order chi connectivity index (χ1) is 8.58. The Kier molecular flexibility index (Phi) is 4.14. The molecule has 0 saturated carbocycles. The zero-order chi connectivity index (χ0) is 13.1. The van der Waals surface area contributed by atoms with Gasteiger partial charge < -0.3 is 5.11 Å². The Bertz CT molecular complexity index is 542. The van der Waals surface area contributed by atoms with Gasteiger partial charge in [0.25, 0.3) is 0 Å². The lowest BCUT2D eigenvalue weighted by Gasteiger charge is -2.11. The maximum absolute atomic E-state index is 13.1. The number of aliphatic hydroxyl groups is 1. The van der Waals surface area contributed by atoms with E-state index in [2.05, 4.69) is 21.0 Å². The Labute approximate surface area is 113 Å². The molecule has 0 aliphatic carbocycles.